The van der Waals surface area contributed by atoms with Gasteiger partial charge in [-0.05, 0) is 98.6 Å². The number of aromatic hydroxyl groups is 1. The number of ketones is 2. The largest absolute Gasteiger partial charge is 0.508 e. The summed E-state index contributed by atoms with van der Waals surface area (Å²) in [4.78, 5) is 66.0. The second-order valence-electron chi connectivity index (χ2n) is 11.0. The van der Waals surface area contributed by atoms with Gasteiger partial charge in [0.1, 0.15) is 22.8 Å². The fraction of sp³-hybridized carbons (Fsp3) is 0.387. The highest BCUT2D eigenvalue weighted by Crippen LogP contribution is 2.53. The first kappa shape index (κ1) is 33.9. The Morgan fingerprint density at radius 3 is 2.29 bits per heavy atom. The van der Waals surface area contributed by atoms with Gasteiger partial charge < -0.3 is 35.6 Å². The summed E-state index contributed by atoms with van der Waals surface area (Å²) < 4.78 is 10.3. The number of esters is 2. The van der Waals surface area contributed by atoms with Gasteiger partial charge in [-0.15, -0.1) is 0 Å². The first-order chi connectivity index (χ1) is 21.1. The zero-order valence-electron chi connectivity index (χ0n) is 24.9. The number of fused-ring (bicyclic) bond motifs is 3. The number of likely N-dealkylation sites (N-methyl/N-ethyl adjacent to an activating group) is 1. The smallest absolute Gasteiger partial charge is 0.344 e. The van der Waals surface area contributed by atoms with Gasteiger partial charge in [0.25, 0.3) is 5.91 Å². The summed E-state index contributed by atoms with van der Waals surface area (Å²) in [6.45, 7) is 3.40. The van der Waals surface area contributed by atoms with Crippen LogP contribution in [0.2, 0.25) is 0 Å². The molecule has 0 spiro atoms. The van der Waals surface area contributed by atoms with Gasteiger partial charge in [-0.1, -0.05) is 6.07 Å². The normalized spacial score (nSPS) is 25.1. The third-order valence-electron chi connectivity index (χ3n) is 8.22. The molecular weight excluding hydrogens is 703 g/mol. The first-order valence-corrected chi connectivity index (χ1v) is 15.1. The minimum absolute atomic E-state index is 0.00353. The van der Waals surface area contributed by atoms with E-state index < -0.39 is 75.7 Å². The molecule has 45 heavy (non-hydrogen) atoms. The van der Waals surface area contributed by atoms with Crippen LogP contribution in [0.15, 0.2) is 44.3 Å². The molecular formula is C31H33IN2O11. The van der Waals surface area contributed by atoms with E-state index in [2.05, 4.69) is 0 Å². The Bertz CT molecular complexity index is 1640. The summed E-state index contributed by atoms with van der Waals surface area (Å²) in [6, 6.07) is 1.49. The van der Waals surface area contributed by atoms with E-state index in [1.54, 1.807) is 36.4 Å². The fourth-order valence-electron chi connectivity index (χ4n) is 6.34. The zero-order valence-corrected chi connectivity index (χ0v) is 27.1. The highest BCUT2D eigenvalue weighted by molar-refractivity contribution is 14.1. The van der Waals surface area contributed by atoms with Crippen molar-refractivity contribution in [3.8, 4) is 5.75 Å². The Labute approximate surface area is 271 Å². The molecule has 0 heterocycles. The van der Waals surface area contributed by atoms with Gasteiger partial charge in [0.2, 0.25) is 5.78 Å². The summed E-state index contributed by atoms with van der Waals surface area (Å²) in [7, 11) is 3.02. The molecule has 3 aliphatic carbocycles. The molecule has 4 rings (SSSR count). The number of phenolic OH excluding ortho intramolecular Hbond substituents is 1. The van der Waals surface area contributed by atoms with Crippen LogP contribution in [0.1, 0.15) is 37.0 Å². The lowest BCUT2D eigenvalue weighted by molar-refractivity contribution is -0.153. The lowest BCUT2D eigenvalue weighted by atomic mass is 9.57. The number of rotatable bonds is 8. The quantitative estimate of drug-likeness (QED) is 0.0850. The van der Waals surface area contributed by atoms with Crippen molar-refractivity contribution in [1.82, 2.24) is 4.90 Å². The number of Topliss-reactive ketones (excluding diaryl/α,β-unsaturated/α-hetero) is 2. The van der Waals surface area contributed by atoms with E-state index >= 15 is 0 Å². The van der Waals surface area contributed by atoms with Crippen LogP contribution in [0.5, 0.6) is 5.75 Å². The van der Waals surface area contributed by atoms with Crippen molar-refractivity contribution in [3.05, 3.63) is 61.0 Å². The lowest BCUT2D eigenvalue weighted by Gasteiger charge is -2.50. The van der Waals surface area contributed by atoms with E-state index in [9.17, 15) is 44.4 Å². The molecule has 4 atom stereocenters. The van der Waals surface area contributed by atoms with Gasteiger partial charge >= 0.3 is 11.9 Å². The second kappa shape index (κ2) is 12.8. The number of aliphatic hydroxyl groups excluding tert-OH is 2. The highest BCUT2D eigenvalue weighted by atomic mass is 127. The van der Waals surface area contributed by atoms with E-state index in [1.165, 1.54) is 43.3 Å². The fourth-order valence-corrected chi connectivity index (χ4v) is 6.83. The summed E-state index contributed by atoms with van der Waals surface area (Å²) >= 11 is 1.73. The van der Waals surface area contributed by atoms with E-state index in [4.69, 9.17) is 15.2 Å². The van der Waals surface area contributed by atoms with Gasteiger partial charge in [-0.2, -0.15) is 0 Å². The minimum Gasteiger partial charge on any atom is -0.508 e. The maximum atomic E-state index is 14.0. The molecule has 1 saturated carbocycles. The van der Waals surface area contributed by atoms with Crippen LogP contribution in [-0.4, -0.2) is 93.7 Å². The van der Waals surface area contributed by atoms with Crippen molar-refractivity contribution >= 4 is 63.8 Å². The second-order valence-corrected chi connectivity index (χ2v) is 12.2. The molecule has 1 aromatic carbocycles. The molecule has 13 nitrogen and oxygen atoms in total. The Balaban J connectivity index is 1.93. The number of carbonyl (C=O) groups is 5. The number of amides is 1. The van der Waals surface area contributed by atoms with Crippen molar-refractivity contribution in [1.29, 1.82) is 0 Å². The third kappa shape index (κ3) is 5.66. The number of nitrogens with two attached hydrogens (primary N) is 1. The number of hydrogen-bond donors (Lipinski definition) is 5. The number of nitrogens with zero attached hydrogens (tertiary/aromatic N) is 1. The van der Waals surface area contributed by atoms with Crippen LogP contribution in [0.3, 0.4) is 0 Å². The van der Waals surface area contributed by atoms with Gasteiger partial charge in [0.15, 0.2) is 11.4 Å². The summed E-state index contributed by atoms with van der Waals surface area (Å²) in [5.74, 6) is -9.05. The first-order valence-electron chi connectivity index (χ1n) is 14.0. The Morgan fingerprint density at radius 1 is 1.09 bits per heavy atom. The van der Waals surface area contributed by atoms with Gasteiger partial charge in [-0.25, -0.2) is 9.59 Å². The average Bonchev–Trinajstić information content (AvgIpc) is 2.95. The number of halogens is 1. The van der Waals surface area contributed by atoms with Crippen LogP contribution >= 0.6 is 22.6 Å². The molecule has 14 heteroatoms. The molecule has 240 valence electrons. The molecule has 1 aromatic rings. The standard InChI is InChI=1S/C31H33IN2O11/c1-5-44-29(41)15(12-18(32)30(42)45-6-2)9-13-7-8-19(35)21-16(13)10-14-11-17-23(34(3)4)25(37)22(28(33)40)27(39)31(17,43)26(38)20(14)24(21)36/h7-9,12,14,17,23,35-36,39,43H,5-6,10-11H2,1-4H3,(H2,33,40)/b15-9-,18-12-/t14-,17-,23-,31-/m0/s1. The molecule has 0 aromatic heterocycles. The predicted molar refractivity (Wildman–Crippen MR) is 168 cm³/mol. The van der Waals surface area contributed by atoms with Gasteiger partial charge in [0.05, 0.1) is 34.0 Å². The molecule has 0 bridgehead atoms. The lowest BCUT2D eigenvalue weighted by Crippen LogP contribution is -2.65. The van der Waals surface area contributed by atoms with Crippen LogP contribution in [0.25, 0.3) is 11.8 Å². The molecule has 1 amide bonds. The van der Waals surface area contributed by atoms with Crippen molar-refractivity contribution in [3.63, 3.8) is 0 Å². The molecule has 1 fully saturated rings. The minimum atomic E-state index is -2.76. The van der Waals surface area contributed by atoms with Crippen LogP contribution < -0.4 is 5.73 Å². The summed E-state index contributed by atoms with van der Waals surface area (Å²) in [5.41, 5.74) is 1.89. The van der Waals surface area contributed by atoms with Crippen molar-refractivity contribution in [2.45, 2.75) is 38.3 Å². The summed E-state index contributed by atoms with van der Waals surface area (Å²) in [5, 5.41) is 45.0. The number of aliphatic hydroxyl groups is 3. The zero-order chi connectivity index (χ0) is 33.5. The Kier molecular flexibility index (Phi) is 9.61. The molecule has 0 saturated heterocycles. The monoisotopic (exact) mass is 736 g/mol. The predicted octanol–water partition coefficient (Wildman–Crippen LogP) is 1.79. The van der Waals surface area contributed by atoms with Crippen molar-refractivity contribution in [2.24, 2.45) is 17.6 Å². The molecule has 3 aliphatic rings. The number of carbonyl (C=O) groups excluding carboxylic acids is 5. The van der Waals surface area contributed by atoms with Gasteiger partial charge in [-0.3, -0.25) is 19.3 Å². The molecule has 0 unspecified atom stereocenters. The van der Waals surface area contributed by atoms with Crippen LogP contribution in [-0.2, 0) is 39.9 Å². The Morgan fingerprint density at radius 2 is 1.71 bits per heavy atom. The number of phenols is 1. The number of benzene rings is 1. The number of ether oxygens (including phenoxy) is 2. The topological polar surface area (TPSA) is 214 Å². The Hall–Kier alpha value is -4.02. The van der Waals surface area contributed by atoms with E-state index in [1.807, 2.05) is 0 Å². The average molecular weight is 737 g/mol. The number of primary amides is 1. The maximum Gasteiger partial charge on any atom is 0.344 e. The third-order valence-corrected chi connectivity index (χ3v) is 8.97. The van der Waals surface area contributed by atoms with Gasteiger partial charge in [0, 0.05) is 11.5 Å². The SMILES string of the molecule is CCOC(=O)/C(I)=C/C(=C/c1ccc(O)c2c1C[C@H]1C[C@H]3[C@H](N(C)C)C(=O)C(C(N)=O)=C(O)[C@@]3(O)C(=O)C1=C2O)C(=O)OCC. The van der Waals surface area contributed by atoms with E-state index in [0.29, 0.717) is 11.1 Å². The van der Waals surface area contributed by atoms with E-state index in [0.717, 1.165) is 0 Å². The number of hydrogen-bond acceptors (Lipinski definition) is 12. The van der Waals surface area contributed by atoms with E-state index in [-0.39, 0.29) is 46.3 Å². The van der Waals surface area contributed by atoms with Crippen molar-refractivity contribution in [2.75, 3.05) is 27.3 Å². The van der Waals surface area contributed by atoms with Crippen molar-refractivity contribution < 1.29 is 53.9 Å². The summed E-state index contributed by atoms with van der Waals surface area (Å²) in [6.07, 6.45) is 2.60. The molecule has 6 N–H and O–H groups in total. The maximum absolute atomic E-state index is 14.0. The van der Waals surface area contributed by atoms with Crippen LogP contribution in [0, 0.1) is 11.8 Å². The molecule has 0 radical (unpaired) electrons. The highest BCUT2D eigenvalue weighted by Gasteiger charge is 2.64. The van der Waals surface area contributed by atoms with Crippen LogP contribution in [0.4, 0.5) is 0 Å². The molecule has 0 aliphatic heterocycles.